The third-order valence-electron chi connectivity index (χ3n) is 8.89. The van der Waals surface area contributed by atoms with Crippen LogP contribution >= 0.6 is 0 Å². The van der Waals surface area contributed by atoms with Crippen molar-refractivity contribution in [1.29, 1.82) is 0 Å². The average Bonchev–Trinajstić information content (AvgIpc) is 3.09. The fraction of sp³-hybridized carbons (Fsp3) is 0.561. The summed E-state index contributed by atoms with van der Waals surface area (Å²) in [6.07, 6.45) is 16.0. The molecular weight excluding hydrogens is 611 g/mol. The molecule has 0 saturated carbocycles. The van der Waals surface area contributed by atoms with Crippen LogP contribution in [0.3, 0.4) is 0 Å². The van der Waals surface area contributed by atoms with E-state index >= 15 is 0 Å². The second-order valence-corrected chi connectivity index (χ2v) is 13.0. The maximum atomic E-state index is 12.4. The van der Waals surface area contributed by atoms with E-state index in [4.69, 9.17) is 14.5 Å². The Labute approximate surface area is 286 Å². The number of unbranched alkanes of at least 4 members (excludes halogenated alkanes) is 14. The molecule has 3 aromatic rings. The topological polar surface area (TPSA) is 48.4 Å². The molecule has 264 valence electrons. The number of rotatable bonds is 24. The molecule has 1 atom stereocenters. The van der Waals surface area contributed by atoms with Gasteiger partial charge < -0.3 is 9.47 Å². The number of hydrogen-bond donors (Lipinski definition) is 0. The number of alkyl halides is 3. The van der Waals surface area contributed by atoms with Crippen LogP contribution in [0.15, 0.2) is 66.9 Å². The van der Waals surface area contributed by atoms with Crippen molar-refractivity contribution in [2.45, 2.75) is 135 Å². The monoisotopic (exact) mass is 667 g/mol. The number of esters is 1. The Morgan fingerprint density at radius 3 is 1.73 bits per heavy atom. The molecule has 1 heterocycles. The molecule has 0 fully saturated rings. The number of aryl methyl sites for hydroxylation is 1. The Morgan fingerprint density at radius 2 is 1.17 bits per heavy atom. The van der Waals surface area contributed by atoms with Crippen LogP contribution in [0.1, 0.15) is 133 Å². The number of aromatic nitrogens is 1. The maximum Gasteiger partial charge on any atom is 0.414 e. The normalized spacial score (nSPS) is 12.3. The quantitative estimate of drug-likeness (QED) is 0.0705. The molecule has 0 saturated heterocycles. The number of halogens is 3. The van der Waals surface area contributed by atoms with Gasteiger partial charge in [-0.05, 0) is 68.4 Å². The van der Waals surface area contributed by atoms with Crippen LogP contribution in [0, 0.1) is 0 Å². The highest BCUT2D eigenvalue weighted by Crippen LogP contribution is 2.25. The van der Waals surface area contributed by atoms with Crippen LogP contribution in [0.4, 0.5) is 13.2 Å². The molecule has 0 bridgehead atoms. The lowest BCUT2D eigenvalue weighted by molar-refractivity contribution is -0.214. The summed E-state index contributed by atoms with van der Waals surface area (Å²) in [5, 5.41) is 0. The van der Waals surface area contributed by atoms with Crippen LogP contribution in [-0.2, 0) is 15.9 Å². The number of hydrogen-bond acceptors (Lipinski definition) is 4. The second kappa shape index (κ2) is 22.4. The lowest BCUT2D eigenvalue weighted by Crippen LogP contribution is -2.28. The standard InChI is InChI=1S/C41H56F3NO3/c1-3-4-5-6-7-8-9-10-11-12-13-16-19-34-20-22-36(23-21-34)39-29-28-38(32-45-39)35-24-26-37(27-25-35)40(46)48-31-18-15-14-17-30-47-33(2)41(42,43)44/h20-29,32-33H,3-19,30-31H2,1-2H3. The highest BCUT2D eigenvalue weighted by molar-refractivity contribution is 5.90. The Bertz CT molecular complexity index is 1270. The van der Waals surface area contributed by atoms with Crippen molar-refractivity contribution < 1.29 is 27.4 Å². The van der Waals surface area contributed by atoms with Crippen molar-refractivity contribution in [1.82, 2.24) is 4.98 Å². The van der Waals surface area contributed by atoms with Crippen molar-refractivity contribution in [2.75, 3.05) is 13.2 Å². The molecule has 3 rings (SSSR count). The summed E-state index contributed by atoms with van der Waals surface area (Å²) in [7, 11) is 0. The highest BCUT2D eigenvalue weighted by Gasteiger charge is 2.36. The van der Waals surface area contributed by atoms with Crippen LogP contribution < -0.4 is 0 Å². The minimum atomic E-state index is -4.33. The van der Waals surface area contributed by atoms with Gasteiger partial charge in [-0.2, -0.15) is 13.2 Å². The lowest BCUT2D eigenvalue weighted by Gasteiger charge is -2.16. The minimum Gasteiger partial charge on any atom is -0.462 e. The van der Waals surface area contributed by atoms with Crippen molar-refractivity contribution in [3.63, 3.8) is 0 Å². The number of pyridine rings is 1. The third kappa shape index (κ3) is 15.4. The number of nitrogens with zero attached hydrogens (tertiary/aromatic N) is 1. The van der Waals surface area contributed by atoms with Crippen molar-refractivity contribution >= 4 is 5.97 Å². The number of benzene rings is 2. The van der Waals surface area contributed by atoms with Gasteiger partial charge in [-0.25, -0.2) is 4.79 Å². The molecule has 4 nitrogen and oxygen atoms in total. The molecule has 0 amide bonds. The SMILES string of the molecule is CCCCCCCCCCCCCCc1ccc(-c2ccc(-c3ccc(C(=O)OCCCCCCOC(C)C(F)(F)F)cc3)cn2)cc1. The summed E-state index contributed by atoms with van der Waals surface area (Å²) >= 11 is 0. The van der Waals surface area contributed by atoms with Crippen molar-refractivity contribution in [2.24, 2.45) is 0 Å². The van der Waals surface area contributed by atoms with Gasteiger partial charge in [-0.1, -0.05) is 126 Å². The van der Waals surface area contributed by atoms with Crippen LogP contribution in [0.25, 0.3) is 22.4 Å². The molecule has 48 heavy (non-hydrogen) atoms. The summed E-state index contributed by atoms with van der Waals surface area (Å²) in [5.41, 5.74) is 5.81. The van der Waals surface area contributed by atoms with Gasteiger partial charge in [0.05, 0.1) is 17.9 Å². The average molecular weight is 668 g/mol. The first-order chi connectivity index (χ1) is 23.3. The van der Waals surface area contributed by atoms with E-state index in [1.54, 1.807) is 12.1 Å². The summed E-state index contributed by atoms with van der Waals surface area (Å²) in [6.45, 7) is 3.62. The molecular formula is C41H56F3NO3. The van der Waals surface area contributed by atoms with Gasteiger partial charge in [-0.3, -0.25) is 4.98 Å². The minimum absolute atomic E-state index is 0.0672. The Morgan fingerprint density at radius 1 is 0.646 bits per heavy atom. The molecule has 0 aliphatic heterocycles. The largest absolute Gasteiger partial charge is 0.462 e. The zero-order chi connectivity index (χ0) is 34.5. The zero-order valence-electron chi connectivity index (χ0n) is 29.2. The Hall–Kier alpha value is -3.19. The molecule has 7 heteroatoms. The first kappa shape index (κ1) is 39.3. The highest BCUT2D eigenvalue weighted by atomic mass is 19.4. The van der Waals surface area contributed by atoms with Crippen LogP contribution in [-0.4, -0.2) is 36.4 Å². The van der Waals surface area contributed by atoms with E-state index in [9.17, 15) is 18.0 Å². The molecule has 0 aliphatic rings. The van der Waals surface area contributed by atoms with Crippen molar-refractivity contribution in [3.8, 4) is 22.4 Å². The zero-order valence-corrected chi connectivity index (χ0v) is 29.2. The number of carbonyl (C=O) groups is 1. The number of ether oxygens (including phenoxy) is 2. The summed E-state index contributed by atoms with van der Waals surface area (Å²) in [4.78, 5) is 17.1. The van der Waals surface area contributed by atoms with E-state index in [1.165, 1.54) is 82.6 Å². The van der Waals surface area contributed by atoms with E-state index in [0.29, 0.717) is 24.8 Å². The van der Waals surface area contributed by atoms with Gasteiger partial charge in [0.1, 0.15) is 0 Å². The predicted octanol–water partition coefficient (Wildman–Crippen LogP) is 12.3. The predicted molar refractivity (Wildman–Crippen MR) is 190 cm³/mol. The fourth-order valence-electron chi connectivity index (χ4n) is 5.71. The molecule has 0 radical (unpaired) electrons. The van der Waals surface area contributed by atoms with Crippen LogP contribution in [0.2, 0.25) is 0 Å². The summed E-state index contributed by atoms with van der Waals surface area (Å²) < 4.78 is 47.5. The van der Waals surface area contributed by atoms with E-state index < -0.39 is 12.3 Å². The maximum absolute atomic E-state index is 12.4. The Kier molecular flexibility index (Phi) is 18.4. The van der Waals surface area contributed by atoms with Gasteiger partial charge in [-0.15, -0.1) is 0 Å². The third-order valence-corrected chi connectivity index (χ3v) is 8.89. The van der Waals surface area contributed by atoms with E-state index in [0.717, 1.165) is 42.1 Å². The van der Waals surface area contributed by atoms with Crippen LogP contribution in [0.5, 0.6) is 0 Å². The number of carbonyl (C=O) groups excluding carboxylic acids is 1. The summed E-state index contributed by atoms with van der Waals surface area (Å²) in [6, 6.07) is 20.1. The first-order valence-corrected chi connectivity index (χ1v) is 18.3. The second-order valence-electron chi connectivity index (χ2n) is 13.0. The van der Waals surface area contributed by atoms with Gasteiger partial charge in [0, 0.05) is 23.9 Å². The molecule has 0 aliphatic carbocycles. The molecule has 0 spiro atoms. The fourth-order valence-corrected chi connectivity index (χ4v) is 5.71. The first-order valence-electron chi connectivity index (χ1n) is 18.3. The lowest BCUT2D eigenvalue weighted by atomic mass is 10.0. The molecule has 1 unspecified atom stereocenters. The van der Waals surface area contributed by atoms with E-state index in [1.807, 2.05) is 30.5 Å². The van der Waals surface area contributed by atoms with Gasteiger partial charge in [0.15, 0.2) is 6.10 Å². The van der Waals surface area contributed by atoms with E-state index in [-0.39, 0.29) is 19.2 Å². The van der Waals surface area contributed by atoms with Gasteiger partial charge in [0.25, 0.3) is 0 Å². The molecule has 2 aromatic carbocycles. The van der Waals surface area contributed by atoms with Gasteiger partial charge >= 0.3 is 12.1 Å². The van der Waals surface area contributed by atoms with Crippen molar-refractivity contribution in [3.05, 3.63) is 78.0 Å². The summed E-state index contributed by atoms with van der Waals surface area (Å²) in [5.74, 6) is -0.389. The molecule has 1 aromatic heterocycles. The molecule has 0 N–H and O–H groups in total. The Balaban J connectivity index is 1.30. The smallest absolute Gasteiger partial charge is 0.414 e. The van der Waals surface area contributed by atoms with E-state index in [2.05, 4.69) is 31.2 Å². The van der Waals surface area contributed by atoms with Gasteiger partial charge in [0.2, 0.25) is 0 Å².